The highest BCUT2D eigenvalue weighted by Crippen LogP contribution is 2.31. The predicted octanol–water partition coefficient (Wildman–Crippen LogP) is 3.65. The summed E-state index contributed by atoms with van der Waals surface area (Å²) in [7, 11) is 0. The van der Waals surface area contributed by atoms with Crippen molar-refractivity contribution in [3.63, 3.8) is 0 Å². The maximum absolute atomic E-state index is 12.7. The highest BCUT2D eigenvalue weighted by atomic mass is 35.5. The van der Waals surface area contributed by atoms with Gasteiger partial charge in [-0.15, -0.1) is 0 Å². The molecule has 5 heteroatoms. The van der Waals surface area contributed by atoms with E-state index in [1.165, 1.54) is 4.90 Å². The van der Waals surface area contributed by atoms with Crippen molar-refractivity contribution in [3.8, 4) is 0 Å². The maximum atomic E-state index is 12.7. The Labute approximate surface area is 140 Å². The number of aryl methyl sites for hydroxylation is 1. The fraction of sp³-hybridized carbons (Fsp3) is 0.222. The van der Waals surface area contributed by atoms with Gasteiger partial charge in [0.1, 0.15) is 6.04 Å². The van der Waals surface area contributed by atoms with Gasteiger partial charge in [0.05, 0.1) is 17.1 Å². The minimum Gasteiger partial charge on any atom is -0.373 e. The summed E-state index contributed by atoms with van der Waals surface area (Å²) in [6.07, 6.45) is 0.981. The summed E-state index contributed by atoms with van der Waals surface area (Å²) in [6, 6.07) is 14.1. The van der Waals surface area contributed by atoms with Crippen LogP contribution in [0.25, 0.3) is 0 Å². The van der Waals surface area contributed by atoms with Gasteiger partial charge < -0.3 is 5.32 Å². The van der Waals surface area contributed by atoms with Crippen LogP contribution < -0.4 is 10.2 Å². The third kappa shape index (κ3) is 2.94. The molecule has 1 atom stereocenters. The third-order valence-electron chi connectivity index (χ3n) is 3.97. The van der Waals surface area contributed by atoms with Crippen molar-refractivity contribution in [1.82, 2.24) is 0 Å². The lowest BCUT2D eigenvalue weighted by atomic mass is 10.1. The molecule has 0 bridgehead atoms. The number of benzene rings is 2. The molecule has 1 N–H and O–H groups in total. The van der Waals surface area contributed by atoms with Gasteiger partial charge in [-0.05, 0) is 30.2 Å². The van der Waals surface area contributed by atoms with Crippen molar-refractivity contribution >= 4 is 34.8 Å². The zero-order valence-electron chi connectivity index (χ0n) is 12.8. The molecule has 118 valence electrons. The Bertz CT molecular complexity index is 760. The second-order valence-corrected chi connectivity index (χ2v) is 5.84. The standard InChI is InChI=1S/C18H17ClN2O2/c1-2-12-7-3-5-9-14(12)20-15-11-17(22)21(18(15)23)16-10-6-4-8-13(16)19/h3-10,15,20H,2,11H2,1H3/t15-/m0/s1. The van der Waals surface area contributed by atoms with E-state index in [9.17, 15) is 9.59 Å². The van der Waals surface area contributed by atoms with Crippen LogP contribution in [0.3, 0.4) is 0 Å². The van der Waals surface area contributed by atoms with Gasteiger partial charge in [0.15, 0.2) is 0 Å². The topological polar surface area (TPSA) is 49.4 Å². The minimum atomic E-state index is -0.563. The summed E-state index contributed by atoms with van der Waals surface area (Å²) in [5.74, 6) is -0.511. The smallest absolute Gasteiger partial charge is 0.256 e. The average molecular weight is 329 g/mol. The van der Waals surface area contributed by atoms with Crippen LogP contribution in [0.4, 0.5) is 11.4 Å². The molecule has 0 spiro atoms. The molecular formula is C18H17ClN2O2. The second-order valence-electron chi connectivity index (χ2n) is 5.43. The van der Waals surface area contributed by atoms with Crippen LogP contribution in [-0.4, -0.2) is 17.9 Å². The highest BCUT2D eigenvalue weighted by molar-refractivity contribution is 6.36. The van der Waals surface area contributed by atoms with Gasteiger partial charge in [0, 0.05) is 5.69 Å². The normalized spacial score (nSPS) is 17.7. The molecule has 1 fully saturated rings. The van der Waals surface area contributed by atoms with Crippen molar-refractivity contribution in [3.05, 3.63) is 59.1 Å². The number of carbonyl (C=O) groups excluding carboxylic acids is 2. The van der Waals surface area contributed by atoms with Gasteiger partial charge in [-0.3, -0.25) is 9.59 Å². The fourth-order valence-corrected chi connectivity index (χ4v) is 3.01. The van der Waals surface area contributed by atoms with Crippen molar-refractivity contribution < 1.29 is 9.59 Å². The molecule has 0 aromatic heterocycles. The Kier molecular flexibility index (Phi) is 4.35. The summed E-state index contributed by atoms with van der Waals surface area (Å²) in [6.45, 7) is 2.05. The van der Waals surface area contributed by atoms with Gasteiger partial charge in [-0.25, -0.2) is 4.90 Å². The SMILES string of the molecule is CCc1ccccc1N[C@H]1CC(=O)N(c2ccccc2Cl)C1=O. The van der Waals surface area contributed by atoms with E-state index in [0.29, 0.717) is 10.7 Å². The van der Waals surface area contributed by atoms with Gasteiger partial charge >= 0.3 is 0 Å². The van der Waals surface area contributed by atoms with Crippen molar-refractivity contribution in [2.75, 3.05) is 10.2 Å². The Hall–Kier alpha value is -2.33. The lowest BCUT2D eigenvalue weighted by Crippen LogP contribution is -2.35. The lowest BCUT2D eigenvalue weighted by Gasteiger charge is -2.18. The molecule has 0 saturated carbocycles. The second kappa shape index (κ2) is 6.42. The number of anilines is 2. The molecular weight excluding hydrogens is 312 g/mol. The summed E-state index contributed by atoms with van der Waals surface area (Å²) >= 11 is 6.12. The number of rotatable bonds is 4. The van der Waals surface area contributed by atoms with Crippen LogP contribution in [0.15, 0.2) is 48.5 Å². The number of halogens is 1. The van der Waals surface area contributed by atoms with E-state index in [-0.39, 0.29) is 18.2 Å². The van der Waals surface area contributed by atoms with Crippen LogP contribution in [0, 0.1) is 0 Å². The van der Waals surface area contributed by atoms with E-state index in [2.05, 4.69) is 12.2 Å². The molecule has 2 amide bonds. The fourth-order valence-electron chi connectivity index (χ4n) is 2.79. The van der Waals surface area contributed by atoms with Crippen LogP contribution in [0.1, 0.15) is 18.9 Å². The van der Waals surface area contributed by atoms with Crippen LogP contribution in [0.2, 0.25) is 5.02 Å². The van der Waals surface area contributed by atoms with Gasteiger partial charge in [0.25, 0.3) is 5.91 Å². The van der Waals surface area contributed by atoms with E-state index >= 15 is 0 Å². The molecule has 2 aromatic rings. The predicted molar refractivity (Wildman–Crippen MR) is 91.8 cm³/mol. The molecule has 0 unspecified atom stereocenters. The van der Waals surface area contributed by atoms with Gasteiger partial charge in [-0.2, -0.15) is 0 Å². The number of amides is 2. The monoisotopic (exact) mass is 328 g/mol. The summed E-state index contributed by atoms with van der Waals surface area (Å²) in [5.41, 5.74) is 2.45. The Morgan fingerprint density at radius 1 is 1.13 bits per heavy atom. The first-order valence-corrected chi connectivity index (χ1v) is 7.95. The Balaban J connectivity index is 1.86. The number of nitrogens with one attached hydrogen (secondary N) is 1. The maximum Gasteiger partial charge on any atom is 0.256 e. The molecule has 4 nitrogen and oxygen atoms in total. The van der Waals surface area contributed by atoms with Crippen molar-refractivity contribution in [2.45, 2.75) is 25.8 Å². The van der Waals surface area contributed by atoms with Crippen LogP contribution in [0.5, 0.6) is 0 Å². The number of para-hydroxylation sites is 2. The van der Waals surface area contributed by atoms with E-state index in [1.807, 2.05) is 24.3 Å². The highest BCUT2D eigenvalue weighted by Gasteiger charge is 2.40. The van der Waals surface area contributed by atoms with Crippen LogP contribution >= 0.6 is 11.6 Å². The molecule has 3 rings (SSSR count). The first-order valence-electron chi connectivity index (χ1n) is 7.57. The molecule has 0 radical (unpaired) electrons. The largest absolute Gasteiger partial charge is 0.373 e. The number of imide groups is 1. The number of carbonyl (C=O) groups is 2. The van der Waals surface area contributed by atoms with E-state index in [4.69, 9.17) is 11.6 Å². The average Bonchev–Trinajstić information content (AvgIpc) is 2.83. The number of hydrogen-bond donors (Lipinski definition) is 1. The van der Waals surface area contributed by atoms with Gasteiger partial charge in [-0.1, -0.05) is 48.9 Å². The Morgan fingerprint density at radius 2 is 1.83 bits per heavy atom. The van der Waals surface area contributed by atoms with Crippen molar-refractivity contribution in [1.29, 1.82) is 0 Å². The molecule has 1 saturated heterocycles. The lowest BCUT2D eigenvalue weighted by molar-refractivity contribution is -0.121. The van der Waals surface area contributed by atoms with E-state index < -0.39 is 6.04 Å². The van der Waals surface area contributed by atoms with Gasteiger partial charge in [0.2, 0.25) is 5.91 Å². The summed E-state index contributed by atoms with van der Waals surface area (Å²) in [5, 5.41) is 3.60. The van der Waals surface area contributed by atoms with E-state index in [0.717, 1.165) is 17.7 Å². The zero-order valence-corrected chi connectivity index (χ0v) is 13.5. The molecule has 1 heterocycles. The quantitative estimate of drug-likeness (QED) is 0.872. The van der Waals surface area contributed by atoms with E-state index in [1.54, 1.807) is 24.3 Å². The molecule has 1 aliphatic heterocycles. The minimum absolute atomic E-state index is 0.127. The molecule has 0 aliphatic carbocycles. The first-order chi connectivity index (χ1) is 11.1. The summed E-state index contributed by atoms with van der Waals surface area (Å²) < 4.78 is 0. The zero-order chi connectivity index (χ0) is 16.4. The number of nitrogens with zero attached hydrogens (tertiary/aromatic N) is 1. The van der Waals surface area contributed by atoms with Crippen LogP contribution in [-0.2, 0) is 16.0 Å². The van der Waals surface area contributed by atoms with Crippen molar-refractivity contribution in [2.24, 2.45) is 0 Å². The first kappa shape index (κ1) is 15.6. The Morgan fingerprint density at radius 3 is 2.57 bits per heavy atom. The number of hydrogen-bond acceptors (Lipinski definition) is 3. The molecule has 23 heavy (non-hydrogen) atoms. The summed E-state index contributed by atoms with van der Waals surface area (Å²) in [4.78, 5) is 26.1. The third-order valence-corrected chi connectivity index (χ3v) is 4.29. The molecule has 1 aliphatic rings. The molecule has 2 aromatic carbocycles.